The van der Waals surface area contributed by atoms with Crippen molar-refractivity contribution < 1.29 is 18.9 Å². The average molecular weight is 382 g/mol. The molecule has 0 radical (unpaired) electrons. The average Bonchev–Trinajstić information content (AvgIpc) is 2.75. The van der Waals surface area contributed by atoms with Gasteiger partial charge in [0, 0.05) is 0 Å². The maximum atomic E-state index is 5.51. The SMILES string of the molecule is C/C(=C/OCCOCCOCCO/C=C(/C)c1ccccc1)c1ccccc1. The molecule has 28 heavy (non-hydrogen) atoms. The first-order valence-electron chi connectivity index (χ1n) is 9.60. The summed E-state index contributed by atoms with van der Waals surface area (Å²) in [4.78, 5) is 0. The summed E-state index contributed by atoms with van der Waals surface area (Å²) < 4.78 is 22.0. The van der Waals surface area contributed by atoms with Crippen LogP contribution in [0.15, 0.2) is 73.2 Å². The van der Waals surface area contributed by atoms with E-state index in [9.17, 15) is 0 Å². The normalized spacial score (nSPS) is 12.1. The molecular formula is C24H30O4. The van der Waals surface area contributed by atoms with Crippen LogP contribution >= 0.6 is 0 Å². The molecule has 2 rings (SSSR count). The van der Waals surface area contributed by atoms with Crippen LogP contribution in [0.1, 0.15) is 25.0 Å². The molecule has 0 heterocycles. The van der Waals surface area contributed by atoms with Gasteiger partial charge in [-0.15, -0.1) is 0 Å². The summed E-state index contributed by atoms with van der Waals surface area (Å²) in [5.41, 5.74) is 4.52. The molecule has 4 nitrogen and oxygen atoms in total. The van der Waals surface area contributed by atoms with Gasteiger partial charge in [-0.25, -0.2) is 0 Å². The van der Waals surface area contributed by atoms with Gasteiger partial charge >= 0.3 is 0 Å². The van der Waals surface area contributed by atoms with E-state index in [2.05, 4.69) is 24.3 Å². The third kappa shape index (κ3) is 8.89. The van der Waals surface area contributed by atoms with Gasteiger partial charge in [-0.1, -0.05) is 60.7 Å². The van der Waals surface area contributed by atoms with E-state index in [1.54, 1.807) is 12.5 Å². The third-order valence-corrected chi connectivity index (χ3v) is 4.04. The number of ether oxygens (including phenoxy) is 4. The van der Waals surface area contributed by atoms with E-state index in [4.69, 9.17) is 18.9 Å². The van der Waals surface area contributed by atoms with Crippen molar-refractivity contribution >= 4 is 11.1 Å². The number of rotatable bonds is 13. The van der Waals surface area contributed by atoms with Crippen molar-refractivity contribution in [3.8, 4) is 0 Å². The molecule has 0 aliphatic rings. The molecule has 0 atom stereocenters. The van der Waals surface area contributed by atoms with Gasteiger partial charge in [-0.05, 0) is 36.1 Å². The molecule has 0 aromatic heterocycles. The molecule has 2 aromatic rings. The van der Waals surface area contributed by atoms with Crippen LogP contribution < -0.4 is 0 Å². The van der Waals surface area contributed by atoms with Gasteiger partial charge in [0.25, 0.3) is 0 Å². The molecule has 0 N–H and O–H groups in total. The van der Waals surface area contributed by atoms with Crippen molar-refractivity contribution in [3.05, 3.63) is 84.3 Å². The highest BCUT2D eigenvalue weighted by Crippen LogP contribution is 2.13. The molecule has 0 aliphatic carbocycles. The first kappa shape index (κ1) is 21.7. The molecule has 0 spiro atoms. The molecule has 2 aromatic carbocycles. The molecule has 0 saturated carbocycles. The number of hydrogen-bond donors (Lipinski definition) is 0. The minimum atomic E-state index is 0.525. The Bertz CT molecular complexity index is 644. The predicted octanol–water partition coefficient (Wildman–Crippen LogP) is 5.17. The van der Waals surface area contributed by atoms with Crippen LogP contribution in [0.4, 0.5) is 0 Å². The Balaban J connectivity index is 1.43. The quantitative estimate of drug-likeness (QED) is 0.354. The maximum absolute atomic E-state index is 5.51. The van der Waals surface area contributed by atoms with Crippen molar-refractivity contribution in [2.24, 2.45) is 0 Å². The van der Waals surface area contributed by atoms with Crippen LogP contribution in [0, 0.1) is 0 Å². The lowest BCUT2D eigenvalue weighted by atomic mass is 10.1. The van der Waals surface area contributed by atoms with Gasteiger partial charge in [0.1, 0.15) is 13.2 Å². The lowest BCUT2D eigenvalue weighted by Gasteiger charge is -2.07. The summed E-state index contributed by atoms with van der Waals surface area (Å²) in [7, 11) is 0. The Kier molecular flexibility index (Phi) is 10.5. The molecule has 4 heteroatoms. The second kappa shape index (κ2) is 13.6. The molecule has 0 aliphatic heterocycles. The molecule has 0 amide bonds. The van der Waals surface area contributed by atoms with Crippen molar-refractivity contribution in [1.29, 1.82) is 0 Å². The van der Waals surface area contributed by atoms with Crippen molar-refractivity contribution in [2.75, 3.05) is 39.6 Å². The molecule has 0 unspecified atom stereocenters. The van der Waals surface area contributed by atoms with E-state index in [0.29, 0.717) is 39.6 Å². The van der Waals surface area contributed by atoms with E-state index in [1.807, 2.05) is 50.2 Å². The summed E-state index contributed by atoms with van der Waals surface area (Å²) >= 11 is 0. The predicted molar refractivity (Wildman–Crippen MR) is 114 cm³/mol. The summed E-state index contributed by atoms with van der Waals surface area (Å²) in [6.45, 7) is 7.28. The van der Waals surface area contributed by atoms with E-state index in [-0.39, 0.29) is 0 Å². The summed E-state index contributed by atoms with van der Waals surface area (Å²) in [5.74, 6) is 0. The van der Waals surface area contributed by atoms with Crippen LogP contribution in [-0.2, 0) is 18.9 Å². The summed E-state index contributed by atoms with van der Waals surface area (Å²) in [6.07, 6.45) is 3.55. The zero-order chi connectivity index (χ0) is 19.9. The van der Waals surface area contributed by atoms with E-state index < -0.39 is 0 Å². The molecule has 150 valence electrons. The number of allylic oxidation sites excluding steroid dienone is 2. The zero-order valence-electron chi connectivity index (χ0n) is 16.8. The van der Waals surface area contributed by atoms with Gasteiger partial charge in [-0.3, -0.25) is 0 Å². The summed E-state index contributed by atoms with van der Waals surface area (Å²) in [6, 6.07) is 20.3. The highest BCUT2D eigenvalue weighted by Gasteiger charge is 1.96. The van der Waals surface area contributed by atoms with Crippen LogP contribution in [0.2, 0.25) is 0 Å². The van der Waals surface area contributed by atoms with Crippen LogP contribution in [-0.4, -0.2) is 39.6 Å². The standard InChI is InChI=1S/C24H30O4/c1-21(23-9-5-3-6-10-23)19-27-17-15-25-13-14-26-16-18-28-20-22(2)24-11-7-4-8-12-24/h3-12,19-20H,13-18H2,1-2H3/b21-19-,22-20-. The van der Waals surface area contributed by atoms with Crippen molar-refractivity contribution in [1.82, 2.24) is 0 Å². The Hall–Kier alpha value is -2.56. The fraction of sp³-hybridized carbons (Fsp3) is 0.333. The van der Waals surface area contributed by atoms with Gasteiger partial charge < -0.3 is 18.9 Å². The molecule has 0 saturated heterocycles. The van der Waals surface area contributed by atoms with Gasteiger partial charge in [-0.2, -0.15) is 0 Å². The van der Waals surface area contributed by atoms with Crippen molar-refractivity contribution in [2.45, 2.75) is 13.8 Å². The molecule has 0 fully saturated rings. The van der Waals surface area contributed by atoms with E-state index in [1.165, 1.54) is 0 Å². The Labute approximate surface area is 168 Å². The molecular weight excluding hydrogens is 352 g/mol. The highest BCUT2D eigenvalue weighted by atomic mass is 16.6. The monoisotopic (exact) mass is 382 g/mol. The first-order chi connectivity index (χ1) is 13.8. The van der Waals surface area contributed by atoms with Crippen LogP contribution in [0.25, 0.3) is 11.1 Å². The minimum absolute atomic E-state index is 0.525. The van der Waals surface area contributed by atoms with Crippen LogP contribution in [0.3, 0.4) is 0 Å². The topological polar surface area (TPSA) is 36.9 Å². The van der Waals surface area contributed by atoms with Gasteiger partial charge in [0.15, 0.2) is 0 Å². The summed E-state index contributed by atoms with van der Waals surface area (Å²) in [5, 5.41) is 0. The van der Waals surface area contributed by atoms with E-state index in [0.717, 1.165) is 22.3 Å². The smallest absolute Gasteiger partial charge is 0.111 e. The first-order valence-corrected chi connectivity index (χ1v) is 9.60. The lowest BCUT2D eigenvalue weighted by molar-refractivity contribution is 0.0187. The van der Waals surface area contributed by atoms with Crippen LogP contribution in [0.5, 0.6) is 0 Å². The fourth-order valence-electron chi connectivity index (χ4n) is 2.44. The number of benzene rings is 2. The molecule has 0 bridgehead atoms. The third-order valence-electron chi connectivity index (χ3n) is 4.04. The second-order valence-electron chi connectivity index (χ2n) is 6.30. The largest absolute Gasteiger partial charge is 0.498 e. The maximum Gasteiger partial charge on any atom is 0.111 e. The minimum Gasteiger partial charge on any atom is -0.498 e. The Morgan fingerprint density at radius 3 is 1.32 bits per heavy atom. The second-order valence-corrected chi connectivity index (χ2v) is 6.30. The highest BCUT2D eigenvalue weighted by molar-refractivity contribution is 5.62. The lowest BCUT2D eigenvalue weighted by Crippen LogP contribution is -2.10. The number of hydrogen-bond acceptors (Lipinski definition) is 4. The zero-order valence-corrected chi connectivity index (χ0v) is 16.8. The Morgan fingerprint density at radius 2 is 0.929 bits per heavy atom. The fourth-order valence-corrected chi connectivity index (χ4v) is 2.44. The van der Waals surface area contributed by atoms with Gasteiger partial charge in [0.2, 0.25) is 0 Å². The van der Waals surface area contributed by atoms with Crippen molar-refractivity contribution in [3.63, 3.8) is 0 Å². The van der Waals surface area contributed by atoms with Gasteiger partial charge in [0.05, 0.1) is 39.0 Å². The Morgan fingerprint density at radius 1 is 0.571 bits per heavy atom. The van der Waals surface area contributed by atoms with E-state index >= 15 is 0 Å².